The molecular formula is C13H9FN2O4. The molecule has 0 radical (unpaired) electrons. The zero-order valence-electron chi connectivity index (χ0n) is 10.1. The van der Waals surface area contributed by atoms with E-state index in [1.54, 1.807) is 30.3 Å². The van der Waals surface area contributed by atoms with Gasteiger partial charge in [0, 0.05) is 6.07 Å². The van der Waals surface area contributed by atoms with Crippen molar-refractivity contribution in [3.8, 4) is 11.5 Å². The van der Waals surface area contributed by atoms with Crippen LogP contribution in [0.1, 0.15) is 10.4 Å². The molecule has 0 heterocycles. The van der Waals surface area contributed by atoms with Crippen molar-refractivity contribution in [3.63, 3.8) is 0 Å². The van der Waals surface area contributed by atoms with E-state index in [-0.39, 0.29) is 5.75 Å². The largest absolute Gasteiger partial charge is 0.454 e. The minimum atomic E-state index is -1.23. The Hall–Kier alpha value is -2.96. The molecule has 0 fully saturated rings. The fraction of sp³-hybridized carbons (Fsp3) is 0. The maximum Gasteiger partial charge on any atom is 0.285 e. The lowest BCUT2D eigenvalue weighted by atomic mass is 10.1. The van der Waals surface area contributed by atoms with Gasteiger partial charge >= 0.3 is 0 Å². The number of nitro groups is 1. The summed E-state index contributed by atoms with van der Waals surface area (Å²) in [6, 6.07) is 10.3. The highest BCUT2D eigenvalue weighted by Gasteiger charge is 2.26. The third kappa shape index (κ3) is 2.56. The molecule has 0 aliphatic heterocycles. The van der Waals surface area contributed by atoms with E-state index < -0.39 is 27.9 Å². The van der Waals surface area contributed by atoms with Gasteiger partial charge in [0.15, 0.2) is 17.1 Å². The van der Waals surface area contributed by atoms with Gasteiger partial charge in [-0.1, -0.05) is 18.2 Å². The van der Waals surface area contributed by atoms with E-state index in [2.05, 4.69) is 0 Å². The van der Waals surface area contributed by atoms with Crippen molar-refractivity contribution in [1.82, 2.24) is 0 Å². The van der Waals surface area contributed by atoms with Gasteiger partial charge in [-0.05, 0) is 18.2 Å². The number of carbonyl (C=O) groups is 1. The summed E-state index contributed by atoms with van der Waals surface area (Å²) in [7, 11) is 0. The molecule has 2 N–H and O–H groups in total. The molecule has 7 heteroatoms. The van der Waals surface area contributed by atoms with Gasteiger partial charge < -0.3 is 10.5 Å². The first-order valence-electron chi connectivity index (χ1n) is 5.50. The Kier molecular flexibility index (Phi) is 3.60. The van der Waals surface area contributed by atoms with Crippen LogP contribution in [-0.4, -0.2) is 10.8 Å². The molecule has 2 aromatic rings. The summed E-state index contributed by atoms with van der Waals surface area (Å²) in [5, 5.41) is 10.7. The quantitative estimate of drug-likeness (QED) is 0.685. The van der Waals surface area contributed by atoms with E-state index in [0.717, 1.165) is 12.1 Å². The van der Waals surface area contributed by atoms with E-state index >= 15 is 0 Å². The van der Waals surface area contributed by atoms with Gasteiger partial charge in [-0.3, -0.25) is 14.9 Å². The maximum atomic E-state index is 14.1. The first kappa shape index (κ1) is 13.5. The smallest absolute Gasteiger partial charge is 0.285 e. The third-order valence-corrected chi connectivity index (χ3v) is 2.50. The van der Waals surface area contributed by atoms with Crippen molar-refractivity contribution < 1.29 is 18.8 Å². The molecule has 6 nitrogen and oxygen atoms in total. The predicted molar refractivity (Wildman–Crippen MR) is 68.1 cm³/mol. The van der Waals surface area contributed by atoms with Crippen LogP contribution in [0.4, 0.5) is 10.1 Å². The normalized spacial score (nSPS) is 10.1. The Morgan fingerprint density at radius 3 is 2.40 bits per heavy atom. The number of nitrogens with two attached hydrogens (primary N) is 1. The summed E-state index contributed by atoms with van der Waals surface area (Å²) in [5.74, 6) is -2.37. The number of benzene rings is 2. The summed E-state index contributed by atoms with van der Waals surface area (Å²) in [6.45, 7) is 0. The van der Waals surface area contributed by atoms with Crippen LogP contribution in [0.2, 0.25) is 0 Å². The monoisotopic (exact) mass is 276 g/mol. The molecule has 20 heavy (non-hydrogen) atoms. The molecule has 1 amide bonds. The number of halogens is 1. The molecule has 0 aliphatic carbocycles. The highest BCUT2D eigenvalue weighted by Crippen LogP contribution is 2.31. The standard InChI is InChI=1S/C13H9FN2O4/c14-12-10(20-8-4-2-1-3-5-8)7-6-9(16(18)19)11(12)13(15)17/h1-7H,(H2,15,17). The van der Waals surface area contributed by atoms with Gasteiger partial charge in [0.25, 0.3) is 11.6 Å². The first-order chi connectivity index (χ1) is 9.50. The Bertz CT molecular complexity index is 674. The van der Waals surface area contributed by atoms with Crippen LogP contribution in [0.15, 0.2) is 42.5 Å². The van der Waals surface area contributed by atoms with Crippen LogP contribution < -0.4 is 10.5 Å². The molecule has 0 saturated heterocycles. The predicted octanol–water partition coefficient (Wildman–Crippen LogP) is 2.63. The Morgan fingerprint density at radius 1 is 1.20 bits per heavy atom. The van der Waals surface area contributed by atoms with Crippen LogP contribution in [0.3, 0.4) is 0 Å². The molecule has 0 unspecified atom stereocenters. The van der Waals surface area contributed by atoms with Crippen LogP contribution in [-0.2, 0) is 0 Å². The molecule has 0 aromatic heterocycles. The fourth-order valence-electron chi connectivity index (χ4n) is 1.63. The molecule has 0 saturated carbocycles. The second kappa shape index (κ2) is 5.35. The van der Waals surface area contributed by atoms with Crippen LogP contribution in [0, 0.1) is 15.9 Å². The van der Waals surface area contributed by atoms with E-state index in [4.69, 9.17) is 10.5 Å². The number of hydrogen-bond acceptors (Lipinski definition) is 4. The van der Waals surface area contributed by atoms with Crippen molar-refractivity contribution in [2.75, 3.05) is 0 Å². The Balaban J connectivity index is 2.49. The van der Waals surface area contributed by atoms with E-state index in [9.17, 15) is 19.3 Å². The van der Waals surface area contributed by atoms with Crippen molar-refractivity contribution in [2.45, 2.75) is 0 Å². The topological polar surface area (TPSA) is 95.5 Å². The molecule has 0 aliphatic rings. The number of hydrogen-bond donors (Lipinski definition) is 1. The number of para-hydroxylation sites is 1. The maximum absolute atomic E-state index is 14.1. The molecule has 102 valence electrons. The number of rotatable bonds is 4. The number of nitrogens with zero attached hydrogens (tertiary/aromatic N) is 1. The van der Waals surface area contributed by atoms with E-state index in [1.165, 1.54) is 0 Å². The summed E-state index contributed by atoms with van der Waals surface area (Å²) in [6.07, 6.45) is 0. The Labute approximate surface area is 112 Å². The average Bonchev–Trinajstić information content (AvgIpc) is 2.41. The molecular weight excluding hydrogens is 267 g/mol. The third-order valence-electron chi connectivity index (χ3n) is 2.50. The number of amides is 1. The summed E-state index contributed by atoms with van der Waals surface area (Å²) >= 11 is 0. The minimum absolute atomic E-state index is 0.310. The summed E-state index contributed by atoms with van der Waals surface area (Å²) in [5.41, 5.74) is 3.48. The molecule has 2 rings (SSSR count). The lowest BCUT2D eigenvalue weighted by Gasteiger charge is -2.08. The Morgan fingerprint density at radius 2 is 1.85 bits per heavy atom. The second-order valence-electron chi connectivity index (χ2n) is 3.81. The lowest BCUT2D eigenvalue weighted by Crippen LogP contribution is -2.16. The van der Waals surface area contributed by atoms with Crippen molar-refractivity contribution in [2.24, 2.45) is 5.73 Å². The average molecular weight is 276 g/mol. The number of primary amides is 1. The second-order valence-corrected chi connectivity index (χ2v) is 3.81. The minimum Gasteiger partial charge on any atom is -0.454 e. The highest BCUT2D eigenvalue weighted by atomic mass is 19.1. The summed E-state index contributed by atoms with van der Waals surface area (Å²) < 4.78 is 19.3. The van der Waals surface area contributed by atoms with Gasteiger partial charge in [-0.25, -0.2) is 4.39 Å². The number of carbonyl (C=O) groups excluding carboxylic acids is 1. The molecule has 0 atom stereocenters. The van der Waals surface area contributed by atoms with E-state index in [1.807, 2.05) is 0 Å². The van der Waals surface area contributed by atoms with Gasteiger partial charge in [-0.2, -0.15) is 0 Å². The van der Waals surface area contributed by atoms with Crippen LogP contribution in [0.25, 0.3) is 0 Å². The van der Waals surface area contributed by atoms with Gasteiger partial charge in [-0.15, -0.1) is 0 Å². The van der Waals surface area contributed by atoms with Crippen molar-refractivity contribution in [3.05, 3.63) is 64.0 Å². The highest BCUT2D eigenvalue weighted by molar-refractivity contribution is 5.97. The fourth-order valence-corrected chi connectivity index (χ4v) is 1.63. The molecule has 2 aromatic carbocycles. The zero-order valence-corrected chi connectivity index (χ0v) is 10.1. The number of ether oxygens (including phenoxy) is 1. The van der Waals surface area contributed by atoms with Gasteiger partial charge in [0.05, 0.1) is 4.92 Å². The summed E-state index contributed by atoms with van der Waals surface area (Å²) in [4.78, 5) is 21.0. The van der Waals surface area contributed by atoms with Crippen molar-refractivity contribution in [1.29, 1.82) is 0 Å². The van der Waals surface area contributed by atoms with Gasteiger partial charge in [0.2, 0.25) is 0 Å². The zero-order chi connectivity index (χ0) is 14.7. The SMILES string of the molecule is NC(=O)c1c([N+](=O)[O-])ccc(Oc2ccccc2)c1F. The van der Waals surface area contributed by atoms with Crippen LogP contribution in [0.5, 0.6) is 11.5 Å². The lowest BCUT2D eigenvalue weighted by molar-refractivity contribution is -0.385. The molecule has 0 bridgehead atoms. The number of nitro benzene ring substituents is 1. The molecule has 0 spiro atoms. The van der Waals surface area contributed by atoms with Crippen molar-refractivity contribution >= 4 is 11.6 Å². The van der Waals surface area contributed by atoms with Gasteiger partial charge in [0.1, 0.15) is 5.75 Å². The van der Waals surface area contributed by atoms with E-state index in [0.29, 0.717) is 5.75 Å². The first-order valence-corrected chi connectivity index (χ1v) is 5.50. The van der Waals surface area contributed by atoms with Crippen LogP contribution >= 0.6 is 0 Å².